The zero-order chi connectivity index (χ0) is 19.8. The molecular formula is C16H35NO6P2S. The maximum atomic E-state index is 11.9. The first-order valence-electron chi connectivity index (χ1n) is 9.60. The van der Waals surface area contributed by atoms with E-state index in [2.05, 4.69) is 13.8 Å². The van der Waals surface area contributed by atoms with E-state index in [1.165, 1.54) is 4.90 Å². The molecule has 26 heavy (non-hydrogen) atoms. The molecule has 7 nitrogen and oxygen atoms in total. The zero-order valence-corrected chi connectivity index (χ0v) is 18.5. The van der Waals surface area contributed by atoms with Crippen LogP contribution in [-0.2, 0) is 9.13 Å². The van der Waals surface area contributed by atoms with Crippen molar-refractivity contribution in [2.75, 3.05) is 12.3 Å². The van der Waals surface area contributed by atoms with Crippen LogP contribution in [0.4, 0.5) is 0 Å². The number of thioether (sulfide) groups is 1. The molecule has 0 aromatic heterocycles. The first kappa shape index (κ1) is 24.6. The van der Waals surface area contributed by atoms with Crippen molar-refractivity contribution in [3.63, 3.8) is 0 Å². The lowest BCUT2D eigenvalue weighted by Gasteiger charge is -2.45. The molecule has 156 valence electrons. The minimum atomic E-state index is -4.95. The molecule has 1 rings (SSSR count). The average Bonchev–Trinajstić information content (AvgIpc) is 2.51. The van der Waals surface area contributed by atoms with Crippen LogP contribution in [0.5, 0.6) is 0 Å². The van der Waals surface area contributed by atoms with Gasteiger partial charge in [0.1, 0.15) is 0 Å². The summed E-state index contributed by atoms with van der Waals surface area (Å²) < 4.78 is 23.8. The van der Waals surface area contributed by atoms with E-state index < -0.39 is 20.7 Å². The summed E-state index contributed by atoms with van der Waals surface area (Å²) in [5.74, 6) is 0.638. The third-order valence-corrected chi connectivity index (χ3v) is 9.88. The van der Waals surface area contributed by atoms with Crippen molar-refractivity contribution in [3.8, 4) is 0 Å². The fourth-order valence-electron chi connectivity index (χ4n) is 3.67. The molecule has 0 aromatic rings. The van der Waals surface area contributed by atoms with Crippen molar-refractivity contribution in [2.24, 2.45) is 0 Å². The highest BCUT2D eigenvalue weighted by molar-refractivity contribution is 8.00. The third kappa shape index (κ3) is 7.92. The van der Waals surface area contributed by atoms with Crippen LogP contribution < -0.4 is 0 Å². The molecule has 2 atom stereocenters. The second-order valence-corrected chi connectivity index (χ2v) is 12.2. The summed E-state index contributed by atoms with van der Waals surface area (Å²) in [5, 5.41) is 0.164. The number of nitrogens with zero attached hydrogens (tertiary/aromatic N) is 1. The maximum Gasteiger partial charge on any atom is 0.354 e. The summed E-state index contributed by atoms with van der Waals surface area (Å²) in [4.78, 5) is 40.1. The average molecular weight is 431 g/mol. The van der Waals surface area contributed by atoms with E-state index in [1.54, 1.807) is 11.8 Å². The van der Waals surface area contributed by atoms with E-state index >= 15 is 0 Å². The predicted molar refractivity (Wildman–Crippen MR) is 108 cm³/mol. The van der Waals surface area contributed by atoms with E-state index in [9.17, 15) is 28.7 Å². The highest BCUT2D eigenvalue weighted by Crippen LogP contribution is 2.62. The zero-order valence-electron chi connectivity index (χ0n) is 15.9. The minimum Gasteiger partial charge on any atom is -0.323 e. The van der Waals surface area contributed by atoms with E-state index in [0.29, 0.717) is 12.3 Å². The Morgan fingerprint density at radius 1 is 0.923 bits per heavy atom. The van der Waals surface area contributed by atoms with E-state index in [4.69, 9.17) is 0 Å². The monoisotopic (exact) mass is 431 g/mol. The molecule has 0 aliphatic carbocycles. The lowest BCUT2D eigenvalue weighted by atomic mass is 9.99. The first-order valence-corrected chi connectivity index (χ1v) is 14.0. The fourth-order valence-corrected chi connectivity index (χ4v) is 8.05. The van der Waals surface area contributed by atoms with Crippen molar-refractivity contribution >= 4 is 27.0 Å². The van der Waals surface area contributed by atoms with Gasteiger partial charge in [-0.05, 0) is 12.8 Å². The molecule has 0 saturated carbocycles. The van der Waals surface area contributed by atoms with Crippen molar-refractivity contribution in [2.45, 2.75) is 88.5 Å². The summed E-state index contributed by atoms with van der Waals surface area (Å²) in [6.07, 6.45) is 9.00. The van der Waals surface area contributed by atoms with Crippen LogP contribution in [-0.4, -0.2) is 53.6 Å². The van der Waals surface area contributed by atoms with Crippen molar-refractivity contribution < 1.29 is 28.7 Å². The molecule has 1 aliphatic heterocycles. The molecule has 1 saturated heterocycles. The van der Waals surface area contributed by atoms with Gasteiger partial charge in [-0.1, -0.05) is 58.8 Å². The molecule has 1 aliphatic rings. The standard InChI is InChI=1S/C16H35NO6P2S/c1-3-5-7-9-10-14-15(11-8-6-4-2)26-13-12-17(14)16(24(18,19)20)25(21,22)23/h14-16H,3-13H2,1-2H3,(H2,18,19,20)(H2,21,22,23). The first-order chi connectivity index (χ1) is 12.1. The predicted octanol–water partition coefficient (Wildman–Crippen LogP) is 3.96. The summed E-state index contributed by atoms with van der Waals surface area (Å²) in [6.45, 7) is 4.54. The Morgan fingerprint density at radius 3 is 2.00 bits per heavy atom. The molecule has 0 bridgehead atoms. The normalized spacial score (nSPS) is 22.9. The Hall–Kier alpha value is 0.610. The molecule has 0 spiro atoms. The summed E-state index contributed by atoms with van der Waals surface area (Å²) in [7, 11) is -9.91. The van der Waals surface area contributed by atoms with Gasteiger partial charge in [-0.25, -0.2) is 0 Å². The van der Waals surface area contributed by atoms with Gasteiger partial charge in [0.25, 0.3) is 0 Å². The van der Waals surface area contributed by atoms with Crippen LogP contribution >= 0.6 is 27.0 Å². The van der Waals surface area contributed by atoms with Crippen molar-refractivity contribution in [1.82, 2.24) is 4.90 Å². The van der Waals surface area contributed by atoms with Gasteiger partial charge in [0.2, 0.25) is 5.52 Å². The van der Waals surface area contributed by atoms with Crippen LogP contribution in [0.1, 0.15) is 71.6 Å². The molecule has 0 amide bonds. The summed E-state index contributed by atoms with van der Waals surface area (Å²) in [6, 6.07) is -0.201. The van der Waals surface area contributed by atoms with E-state index in [1.807, 2.05) is 0 Å². The minimum absolute atomic E-state index is 0.164. The Balaban J connectivity index is 3.01. The van der Waals surface area contributed by atoms with Crippen molar-refractivity contribution in [3.05, 3.63) is 0 Å². The van der Waals surface area contributed by atoms with Crippen molar-refractivity contribution in [1.29, 1.82) is 0 Å². The molecule has 4 N–H and O–H groups in total. The summed E-state index contributed by atoms with van der Waals surface area (Å²) in [5.41, 5.74) is -2.01. The Bertz CT molecular complexity index is 475. The van der Waals surface area contributed by atoms with Crippen LogP contribution in [0.2, 0.25) is 0 Å². The largest absolute Gasteiger partial charge is 0.354 e. The molecular weight excluding hydrogens is 396 g/mol. The van der Waals surface area contributed by atoms with Gasteiger partial charge in [-0.15, -0.1) is 0 Å². The molecule has 1 fully saturated rings. The third-order valence-electron chi connectivity index (χ3n) is 4.88. The van der Waals surface area contributed by atoms with Gasteiger partial charge in [-0.2, -0.15) is 11.8 Å². The van der Waals surface area contributed by atoms with Crippen LogP contribution in [0.25, 0.3) is 0 Å². The highest BCUT2D eigenvalue weighted by Gasteiger charge is 2.51. The molecule has 2 unspecified atom stereocenters. The lowest BCUT2D eigenvalue weighted by Crippen LogP contribution is -2.52. The quantitative estimate of drug-likeness (QED) is 0.271. The molecule has 0 radical (unpaired) electrons. The van der Waals surface area contributed by atoms with Crippen LogP contribution in [0.15, 0.2) is 0 Å². The summed E-state index contributed by atoms with van der Waals surface area (Å²) >= 11 is 1.78. The smallest absolute Gasteiger partial charge is 0.323 e. The molecule has 0 aromatic carbocycles. The number of hydrogen-bond acceptors (Lipinski definition) is 4. The van der Waals surface area contributed by atoms with Gasteiger partial charge in [0, 0.05) is 23.6 Å². The highest BCUT2D eigenvalue weighted by atomic mass is 32.2. The van der Waals surface area contributed by atoms with Gasteiger partial charge < -0.3 is 19.6 Å². The van der Waals surface area contributed by atoms with E-state index in [0.717, 1.165) is 57.8 Å². The van der Waals surface area contributed by atoms with Crippen LogP contribution in [0, 0.1) is 0 Å². The van der Waals surface area contributed by atoms with Gasteiger partial charge in [0.05, 0.1) is 0 Å². The topological polar surface area (TPSA) is 118 Å². The number of rotatable bonds is 12. The Kier molecular flexibility index (Phi) is 11.0. The Morgan fingerprint density at radius 2 is 1.46 bits per heavy atom. The second kappa shape index (κ2) is 11.6. The van der Waals surface area contributed by atoms with Crippen LogP contribution in [0.3, 0.4) is 0 Å². The number of unbranched alkanes of at least 4 members (excludes halogenated alkanes) is 5. The van der Waals surface area contributed by atoms with E-state index in [-0.39, 0.29) is 11.3 Å². The molecule has 1 heterocycles. The second-order valence-electron chi connectivity index (χ2n) is 7.08. The maximum absolute atomic E-state index is 11.9. The van der Waals surface area contributed by atoms with Gasteiger partial charge in [-0.3, -0.25) is 14.0 Å². The molecule has 10 heteroatoms. The van der Waals surface area contributed by atoms with Gasteiger partial charge in [0.15, 0.2) is 0 Å². The lowest BCUT2D eigenvalue weighted by molar-refractivity contribution is 0.157. The fraction of sp³-hybridized carbons (Fsp3) is 1.00. The van der Waals surface area contributed by atoms with Gasteiger partial charge >= 0.3 is 15.2 Å². The number of hydrogen-bond donors (Lipinski definition) is 4. The SMILES string of the molecule is CCCCCCC1C(CCCCC)SCCN1C(P(=O)(O)O)P(=O)(O)O. The Labute approximate surface area is 161 Å².